The zero-order valence-electron chi connectivity index (χ0n) is 15.9. The molecule has 1 aromatic carbocycles. The van der Waals surface area contributed by atoms with Crippen molar-refractivity contribution in [3.8, 4) is 0 Å². The van der Waals surface area contributed by atoms with Crippen LogP contribution in [-0.2, 0) is 9.47 Å². The second-order valence-electron chi connectivity index (χ2n) is 7.82. The normalized spacial score (nSPS) is 21.3. The summed E-state index contributed by atoms with van der Waals surface area (Å²) < 4.78 is 26.5. The summed E-state index contributed by atoms with van der Waals surface area (Å²) in [5.74, 6) is 0.386. The number of carbonyl (C=O) groups is 1. The average molecular weight is 363 g/mol. The van der Waals surface area contributed by atoms with Crippen LogP contribution in [0.25, 0.3) is 11.0 Å². The van der Waals surface area contributed by atoms with E-state index in [0.717, 1.165) is 18.4 Å². The molecule has 1 atom stereocenters. The van der Waals surface area contributed by atoms with E-state index < -0.39 is 11.7 Å². The Bertz CT molecular complexity index is 806. The summed E-state index contributed by atoms with van der Waals surface area (Å²) >= 11 is 0. The second-order valence-corrected chi connectivity index (χ2v) is 7.82. The molecule has 0 radical (unpaired) electrons. The molecule has 1 aliphatic rings. The Morgan fingerprint density at radius 2 is 2.08 bits per heavy atom. The fourth-order valence-electron chi connectivity index (χ4n) is 3.26. The molecule has 1 aliphatic carbocycles. The fourth-order valence-corrected chi connectivity index (χ4v) is 3.26. The Balaban J connectivity index is 1.90. The topological polar surface area (TPSA) is 65.4 Å². The van der Waals surface area contributed by atoms with Crippen molar-refractivity contribution in [2.75, 3.05) is 7.11 Å². The first-order valence-electron chi connectivity index (χ1n) is 8.87. The van der Waals surface area contributed by atoms with Crippen molar-refractivity contribution in [3.63, 3.8) is 0 Å². The molecule has 1 amide bonds. The summed E-state index contributed by atoms with van der Waals surface area (Å²) in [6, 6.07) is 4.35. The van der Waals surface area contributed by atoms with Crippen molar-refractivity contribution in [1.82, 2.24) is 14.9 Å². The minimum atomic E-state index is -0.577. The number of rotatable bonds is 4. The average Bonchev–Trinajstić information content (AvgIpc) is 2.83. The number of amides is 1. The molecule has 1 N–H and O–H groups in total. The molecule has 2 aromatic rings. The van der Waals surface area contributed by atoms with Crippen LogP contribution in [0.2, 0.25) is 0 Å². The monoisotopic (exact) mass is 363 g/mol. The molecule has 3 rings (SSSR count). The van der Waals surface area contributed by atoms with E-state index in [1.54, 1.807) is 13.2 Å². The van der Waals surface area contributed by atoms with Gasteiger partial charge in [-0.15, -0.1) is 0 Å². The van der Waals surface area contributed by atoms with Gasteiger partial charge >= 0.3 is 6.09 Å². The van der Waals surface area contributed by atoms with Crippen molar-refractivity contribution in [2.24, 2.45) is 0 Å². The van der Waals surface area contributed by atoms with Crippen LogP contribution in [0, 0.1) is 5.82 Å². The van der Waals surface area contributed by atoms with Crippen LogP contribution in [0.3, 0.4) is 0 Å². The summed E-state index contributed by atoms with van der Waals surface area (Å²) in [5, 5.41) is 2.83. The number of benzene rings is 1. The van der Waals surface area contributed by atoms with Crippen LogP contribution in [0.4, 0.5) is 9.18 Å². The highest BCUT2D eigenvalue weighted by Gasteiger charge is 2.34. The standard InChI is InChI=1S/C19H26FN3O3/c1-11(21-18(24)26-19(2,3)4)17-22-15-7-6-12(20)8-16(15)23(17)13-9-14(10-13)25-5/h6-8,11,13-14H,9-10H2,1-5H3,(H,21,24)/t11-,13-,14-/m0/s1. The largest absolute Gasteiger partial charge is 0.444 e. The van der Waals surface area contributed by atoms with Crippen molar-refractivity contribution < 1.29 is 18.7 Å². The first kappa shape index (κ1) is 18.6. The predicted molar refractivity (Wildman–Crippen MR) is 96.5 cm³/mol. The predicted octanol–water partition coefficient (Wildman–Crippen LogP) is 4.11. The number of nitrogens with zero attached hydrogens (tertiary/aromatic N) is 2. The zero-order valence-corrected chi connectivity index (χ0v) is 15.9. The number of alkyl carbamates (subject to hydrolysis) is 1. The third kappa shape index (κ3) is 3.82. The highest BCUT2D eigenvalue weighted by atomic mass is 19.1. The number of nitrogens with one attached hydrogen (secondary N) is 1. The number of methoxy groups -OCH3 is 1. The van der Waals surface area contributed by atoms with Gasteiger partial charge in [-0.1, -0.05) is 0 Å². The Hall–Kier alpha value is -2.15. The fraction of sp³-hybridized carbons (Fsp3) is 0.579. The lowest BCUT2D eigenvalue weighted by Crippen LogP contribution is -2.37. The van der Waals surface area contributed by atoms with E-state index in [4.69, 9.17) is 9.47 Å². The van der Waals surface area contributed by atoms with E-state index in [9.17, 15) is 9.18 Å². The highest BCUT2D eigenvalue weighted by Crippen LogP contribution is 2.38. The van der Waals surface area contributed by atoms with Gasteiger partial charge in [-0.2, -0.15) is 0 Å². The van der Waals surface area contributed by atoms with Gasteiger partial charge in [0.05, 0.1) is 23.2 Å². The van der Waals surface area contributed by atoms with Crippen LogP contribution in [0.15, 0.2) is 18.2 Å². The number of halogens is 1. The lowest BCUT2D eigenvalue weighted by molar-refractivity contribution is 0.00600. The minimum Gasteiger partial charge on any atom is -0.444 e. The van der Waals surface area contributed by atoms with Gasteiger partial charge < -0.3 is 19.4 Å². The Kier molecular flexibility index (Phi) is 4.92. The van der Waals surface area contributed by atoms with Gasteiger partial charge in [0.25, 0.3) is 0 Å². The van der Waals surface area contributed by atoms with Crippen molar-refractivity contribution in [3.05, 3.63) is 29.8 Å². The van der Waals surface area contributed by atoms with Gasteiger partial charge in [0, 0.05) is 13.2 Å². The Labute approximate surface area is 152 Å². The number of aromatic nitrogens is 2. The molecule has 142 valence electrons. The number of ether oxygens (including phenoxy) is 2. The van der Waals surface area contributed by atoms with Gasteiger partial charge in [0.2, 0.25) is 0 Å². The maximum atomic E-state index is 13.8. The number of carbonyl (C=O) groups excluding carboxylic acids is 1. The van der Waals surface area contributed by atoms with Gasteiger partial charge in [0.15, 0.2) is 0 Å². The molecule has 0 spiro atoms. The van der Waals surface area contributed by atoms with Crippen LogP contribution in [0.5, 0.6) is 0 Å². The molecule has 1 aromatic heterocycles. The summed E-state index contributed by atoms with van der Waals surface area (Å²) in [4.78, 5) is 16.8. The summed E-state index contributed by atoms with van der Waals surface area (Å²) in [6.45, 7) is 7.29. The summed E-state index contributed by atoms with van der Waals surface area (Å²) in [5.41, 5.74) is 0.865. The Morgan fingerprint density at radius 3 is 2.69 bits per heavy atom. The quantitative estimate of drug-likeness (QED) is 0.888. The van der Waals surface area contributed by atoms with E-state index in [0.29, 0.717) is 11.3 Å². The molecule has 0 unspecified atom stereocenters. The van der Waals surface area contributed by atoms with Crippen molar-refractivity contribution >= 4 is 17.1 Å². The zero-order chi connectivity index (χ0) is 19.1. The second kappa shape index (κ2) is 6.87. The lowest BCUT2D eigenvalue weighted by atomic mass is 9.88. The van der Waals surface area contributed by atoms with E-state index in [1.165, 1.54) is 12.1 Å². The maximum absolute atomic E-state index is 13.8. The maximum Gasteiger partial charge on any atom is 0.408 e. The summed E-state index contributed by atoms with van der Waals surface area (Å²) in [7, 11) is 1.69. The molecule has 1 fully saturated rings. The smallest absolute Gasteiger partial charge is 0.408 e. The van der Waals surface area contributed by atoms with E-state index in [-0.39, 0.29) is 24.0 Å². The van der Waals surface area contributed by atoms with Gasteiger partial charge in [-0.3, -0.25) is 0 Å². The third-order valence-electron chi connectivity index (χ3n) is 4.57. The summed E-state index contributed by atoms with van der Waals surface area (Å²) in [6.07, 6.45) is 1.38. The van der Waals surface area contributed by atoms with Crippen molar-refractivity contribution in [2.45, 2.75) is 64.3 Å². The highest BCUT2D eigenvalue weighted by molar-refractivity contribution is 5.77. The van der Waals surface area contributed by atoms with E-state index in [1.807, 2.05) is 32.3 Å². The van der Waals surface area contributed by atoms with Crippen LogP contribution in [-0.4, -0.2) is 34.5 Å². The molecular weight excluding hydrogens is 337 g/mol. The SMILES string of the molecule is CO[C@H]1C[C@H](n2c([C@H](C)NC(=O)OC(C)(C)C)nc3ccc(F)cc32)C1. The number of hydrogen-bond acceptors (Lipinski definition) is 4. The molecule has 1 heterocycles. The van der Waals surface area contributed by atoms with Gasteiger partial charge in [0.1, 0.15) is 17.2 Å². The molecule has 1 saturated carbocycles. The number of hydrogen-bond donors (Lipinski definition) is 1. The molecule has 0 aliphatic heterocycles. The van der Waals surface area contributed by atoms with Gasteiger partial charge in [-0.25, -0.2) is 14.2 Å². The molecule has 6 nitrogen and oxygen atoms in total. The first-order valence-corrected chi connectivity index (χ1v) is 8.87. The lowest BCUT2D eigenvalue weighted by Gasteiger charge is -2.37. The van der Waals surface area contributed by atoms with Crippen molar-refractivity contribution in [1.29, 1.82) is 0 Å². The van der Waals surface area contributed by atoms with Gasteiger partial charge in [-0.05, 0) is 58.7 Å². The molecular formula is C19H26FN3O3. The third-order valence-corrected chi connectivity index (χ3v) is 4.57. The molecule has 26 heavy (non-hydrogen) atoms. The number of fused-ring (bicyclic) bond motifs is 1. The van der Waals surface area contributed by atoms with E-state index >= 15 is 0 Å². The van der Waals surface area contributed by atoms with Crippen LogP contribution < -0.4 is 5.32 Å². The molecule has 0 saturated heterocycles. The van der Waals surface area contributed by atoms with E-state index in [2.05, 4.69) is 10.3 Å². The molecule has 7 heteroatoms. The first-order chi connectivity index (χ1) is 12.2. The number of imidazole rings is 1. The van der Waals surface area contributed by atoms with Crippen LogP contribution in [0.1, 0.15) is 58.4 Å². The molecule has 0 bridgehead atoms. The minimum absolute atomic E-state index is 0.171. The Morgan fingerprint density at radius 1 is 1.38 bits per heavy atom. The van der Waals surface area contributed by atoms with Crippen LogP contribution >= 0.6 is 0 Å².